The summed E-state index contributed by atoms with van der Waals surface area (Å²) >= 11 is 0. The third-order valence-corrected chi connectivity index (χ3v) is 5.03. The maximum atomic E-state index is 12.4. The maximum Gasteiger partial charge on any atom is 0.226 e. The second-order valence-electron chi connectivity index (χ2n) is 6.87. The summed E-state index contributed by atoms with van der Waals surface area (Å²) in [5, 5.41) is 3.06. The van der Waals surface area contributed by atoms with Crippen molar-refractivity contribution in [1.29, 1.82) is 0 Å². The van der Waals surface area contributed by atoms with Crippen LogP contribution in [0.15, 0.2) is 0 Å². The lowest BCUT2D eigenvalue weighted by Crippen LogP contribution is -2.41. The van der Waals surface area contributed by atoms with E-state index in [4.69, 9.17) is 0 Å². The summed E-state index contributed by atoms with van der Waals surface area (Å²) in [7, 11) is 1.87. The molecule has 0 aromatic carbocycles. The van der Waals surface area contributed by atoms with Gasteiger partial charge in [-0.15, -0.1) is 0 Å². The van der Waals surface area contributed by atoms with Gasteiger partial charge in [-0.3, -0.25) is 9.59 Å². The van der Waals surface area contributed by atoms with Crippen LogP contribution in [0, 0.1) is 11.8 Å². The lowest BCUT2D eigenvalue weighted by Gasteiger charge is -2.25. The van der Waals surface area contributed by atoms with Crippen molar-refractivity contribution in [2.45, 2.75) is 45.4 Å². The van der Waals surface area contributed by atoms with Gasteiger partial charge in [0.1, 0.15) is 0 Å². The molecule has 2 aliphatic rings. The predicted octanol–water partition coefficient (Wildman–Crippen LogP) is 1.48. The Morgan fingerprint density at radius 2 is 1.68 bits per heavy atom. The molecule has 2 fully saturated rings. The number of rotatable bonds is 5. The molecule has 1 atom stereocenters. The Labute approximate surface area is 134 Å². The third-order valence-electron chi connectivity index (χ3n) is 5.03. The largest absolute Gasteiger partial charge is 0.341 e. The van der Waals surface area contributed by atoms with Gasteiger partial charge in [-0.25, -0.2) is 0 Å². The average molecular weight is 309 g/mol. The first kappa shape index (κ1) is 17.3. The van der Waals surface area contributed by atoms with Crippen LogP contribution in [0.4, 0.5) is 0 Å². The minimum atomic E-state index is 0.00532. The number of hydrogen-bond donors (Lipinski definition) is 1. The quantitative estimate of drug-likeness (QED) is 0.837. The molecular weight excluding hydrogens is 278 g/mol. The molecule has 1 unspecified atom stereocenters. The molecule has 0 aromatic rings. The van der Waals surface area contributed by atoms with Gasteiger partial charge >= 0.3 is 0 Å². The van der Waals surface area contributed by atoms with Gasteiger partial charge in [-0.2, -0.15) is 0 Å². The highest BCUT2D eigenvalue weighted by Gasteiger charge is 2.26. The molecule has 1 saturated heterocycles. The number of hydrogen-bond acceptors (Lipinski definition) is 3. The van der Waals surface area contributed by atoms with Crippen molar-refractivity contribution in [3.63, 3.8) is 0 Å². The fourth-order valence-corrected chi connectivity index (χ4v) is 3.68. The molecule has 1 N–H and O–H groups in total. The fourth-order valence-electron chi connectivity index (χ4n) is 3.68. The van der Waals surface area contributed by atoms with Crippen LogP contribution in [0.3, 0.4) is 0 Å². The van der Waals surface area contributed by atoms with Gasteiger partial charge in [0.05, 0.1) is 0 Å². The Bertz CT molecular complexity index is 380. The Kier molecular flexibility index (Phi) is 6.68. The van der Waals surface area contributed by atoms with Crippen LogP contribution in [0.5, 0.6) is 0 Å². The normalized spacial score (nSPS) is 21.7. The molecule has 0 spiro atoms. The Hall–Kier alpha value is -1.10. The molecule has 5 nitrogen and oxygen atoms in total. The molecule has 1 aliphatic carbocycles. The Morgan fingerprint density at radius 1 is 1.05 bits per heavy atom. The van der Waals surface area contributed by atoms with Gasteiger partial charge in [-0.05, 0) is 32.2 Å². The summed E-state index contributed by atoms with van der Waals surface area (Å²) in [6.07, 6.45) is 6.60. The smallest absolute Gasteiger partial charge is 0.226 e. The molecular formula is C17H31N3O2. The number of amides is 2. The first-order valence-electron chi connectivity index (χ1n) is 8.83. The summed E-state index contributed by atoms with van der Waals surface area (Å²) in [5.74, 6) is 1.11. The Balaban J connectivity index is 1.81. The average Bonchev–Trinajstić information content (AvgIpc) is 2.88. The summed E-state index contributed by atoms with van der Waals surface area (Å²) in [6.45, 7) is 5.63. The van der Waals surface area contributed by atoms with E-state index in [0.717, 1.165) is 19.5 Å². The molecule has 1 heterocycles. The second kappa shape index (κ2) is 8.51. The number of carbonyl (C=O) groups excluding carboxylic acids is 2. The van der Waals surface area contributed by atoms with E-state index in [9.17, 15) is 9.59 Å². The van der Waals surface area contributed by atoms with E-state index in [1.165, 1.54) is 25.7 Å². The van der Waals surface area contributed by atoms with Crippen LogP contribution in [0.1, 0.15) is 45.4 Å². The Morgan fingerprint density at radius 3 is 2.36 bits per heavy atom. The van der Waals surface area contributed by atoms with Gasteiger partial charge in [0, 0.05) is 45.1 Å². The monoisotopic (exact) mass is 309 g/mol. The van der Waals surface area contributed by atoms with Crippen molar-refractivity contribution < 1.29 is 9.59 Å². The van der Waals surface area contributed by atoms with Crippen LogP contribution in [-0.4, -0.2) is 61.4 Å². The van der Waals surface area contributed by atoms with E-state index in [0.29, 0.717) is 37.9 Å². The first-order chi connectivity index (χ1) is 10.6. The van der Waals surface area contributed by atoms with E-state index < -0.39 is 0 Å². The highest BCUT2D eigenvalue weighted by atomic mass is 16.2. The molecule has 5 heteroatoms. The lowest BCUT2D eigenvalue weighted by molar-refractivity contribution is -0.136. The molecule has 0 radical (unpaired) electrons. The molecule has 22 heavy (non-hydrogen) atoms. The number of nitrogens with zero attached hydrogens (tertiary/aromatic N) is 2. The van der Waals surface area contributed by atoms with Gasteiger partial charge in [0.2, 0.25) is 11.8 Å². The highest BCUT2D eigenvalue weighted by molar-refractivity contribution is 5.79. The van der Waals surface area contributed by atoms with Gasteiger partial charge in [0.15, 0.2) is 0 Å². The van der Waals surface area contributed by atoms with Crippen molar-refractivity contribution in [2.24, 2.45) is 11.8 Å². The molecule has 0 aromatic heterocycles. The van der Waals surface area contributed by atoms with E-state index >= 15 is 0 Å². The van der Waals surface area contributed by atoms with E-state index in [1.54, 1.807) is 0 Å². The molecule has 126 valence electrons. The van der Waals surface area contributed by atoms with Gasteiger partial charge in [-0.1, -0.05) is 19.8 Å². The van der Waals surface area contributed by atoms with Gasteiger partial charge < -0.3 is 15.1 Å². The van der Waals surface area contributed by atoms with Gasteiger partial charge in [0.25, 0.3) is 0 Å². The third kappa shape index (κ3) is 4.70. The summed E-state index contributed by atoms with van der Waals surface area (Å²) in [5.41, 5.74) is 0. The van der Waals surface area contributed by atoms with Crippen LogP contribution < -0.4 is 5.32 Å². The highest BCUT2D eigenvalue weighted by Crippen LogP contribution is 2.28. The zero-order valence-corrected chi connectivity index (χ0v) is 14.1. The van der Waals surface area contributed by atoms with Crippen molar-refractivity contribution in [2.75, 3.05) is 39.8 Å². The van der Waals surface area contributed by atoms with Crippen LogP contribution in [0.25, 0.3) is 0 Å². The van der Waals surface area contributed by atoms with E-state index in [1.807, 2.05) is 23.8 Å². The SMILES string of the molecule is CNCC(C)C(=O)N1CCCN(C(=O)CC2CCCC2)CC1. The van der Waals surface area contributed by atoms with Crippen LogP contribution in [-0.2, 0) is 9.59 Å². The molecule has 1 saturated carbocycles. The summed E-state index contributed by atoms with van der Waals surface area (Å²) in [4.78, 5) is 28.7. The number of nitrogens with one attached hydrogen (secondary N) is 1. The number of carbonyl (C=O) groups is 2. The predicted molar refractivity (Wildman–Crippen MR) is 87.4 cm³/mol. The van der Waals surface area contributed by atoms with E-state index in [2.05, 4.69) is 5.32 Å². The van der Waals surface area contributed by atoms with Crippen molar-refractivity contribution in [3.05, 3.63) is 0 Å². The molecule has 2 amide bonds. The minimum absolute atomic E-state index is 0.00532. The van der Waals surface area contributed by atoms with Crippen LogP contribution in [0.2, 0.25) is 0 Å². The molecule has 1 aliphatic heterocycles. The zero-order chi connectivity index (χ0) is 15.9. The minimum Gasteiger partial charge on any atom is -0.341 e. The first-order valence-corrected chi connectivity index (χ1v) is 8.83. The molecule has 0 bridgehead atoms. The summed E-state index contributed by atoms with van der Waals surface area (Å²) in [6, 6.07) is 0. The molecule has 2 rings (SSSR count). The van der Waals surface area contributed by atoms with Crippen molar-refractivity contribution in [3.8, 4) is 0 Å². The summed E-state index contributed by atoms with van der Waals surface area (Å²) < 4.78 is 0. The lowest BCUT2D eigenvalue weighted by atomic mass is 10.0. The van der Waals surface area contributed by atoms with Crippen molar-refractivity contribution in [1.82, 2.24) is 15.1 Å². The van der Waals surface area contributed by atoms with Crippen molar-refractivity contribution >= 4 is 11.8 Å². The van der Waals surface area contributed by atoms with E-state index in [-0.39, 0.29) is 11.8 Å². The second-order valence-corrected chi connectivity index (χ2v) is 6.87. The topological polar surface area (TPSA) is 52.7 Å². The zero-order valence-electron chi connectivity index (χ0n) is 14.1. The fraction of sp³-hybridized carbons (Fsp3) is 0.882. The maximum absolute atomic E-state index is 12.4. The standard InChI is InChI=1S/C17H31N3O2/c1-14(13-18-2)17(22)20-9-5-8-19(10-11-20)16(21)12-15-6-3-4-7-15/h14-15,18H,3-13H2,1-2H3. The van der Waals surface area contributed by atoms with Crippen LogP contribution >= 0.6 is 0 Å².